The number of fused-ring (bicyclic) bond motifs is 1. The van der Waals surface area contributed by atoms with Gasteiger partial charge in [-0.15, -0.1) is 0 Å². The van der Waals surface area contributed by atoms with E-state index in [2.05, 4.69) is 10.0 Å². The number of hydrogen-bond donors (Lipinski definition) is 2. The third-order valence-electron chi connectivity index (χ3n) is 5.98. The van der Waals surface area contributed by atoms with Gasteiger partial charge in [-0.25, -0.2) is 13.1 Å². The number of sulfonamides is 1. The second-order valence-electron chi connectivity index (χ2n) is 7.97. The van der Waals surface area contributed by atoms with Crippen LogP contribution in [0.2, 0.25) is 0 Å². The molecule has 1 heterocycles. The van der Waals surface area contributed by atoms with Gasteiger partial charge >= 0.3 is 0 Å². The molecule has 2 aromatic rings. The minimum absolute atomic E-state index is 0.00968. The molecule has 1 fully saturated rings. The molecule has 0 aliphatic carbocycles. The van der Waals surface area contributed by atoms with Crippen molar-refractivity contribution in [1.82, 2.24) is 14.9 Å². The van der Waals surface area contributed by atoms with E-state index in [1.807, 2.05) is 38.1 Å². The van der Waals surface area contributed by atoms with Crippen LogP contribution in [0, 0.1) is 11.8 Å². The molecule has 31 heavy (non-hydrogen) atoms. The van der Waals surface area contributed by atoms with E-state index in [1.54, 1.807) is 17.0 Å². The Morgan fingerprint density at radius 2 is 1.71 bits per heavy atom. The number of carbonyl (C=O) groups excluding carboxylic acids is 2. The molecule has 1 saturated heterocycles. The molecule has 2 N–H and O–H groups in total. The maximum absolute atomic E-state index is 13.1. The van der Waals surface area contributed by atoms with E-state index in [-0.39, 0.29) is 16.7 Å². The summed E-state index contributed by atoms with van der Waals surface area (Å²) in [4.78, 5) is 27.8. The van der Waals surface area contributed by atoms with Gasteiger partial charge in [0, 0.05) is 13.1 Å². The molecule has 8 heteroatoms. The first-order valence-electron chi connectivity index (χ1n) is 10.9. The van der Waals surface area contributed by atoms with Gasteiger partial charge in [0.25, 0.3) is 10.0 Å². The summed E-state index contributed by atoms with van der Waals surface area (Å²) in [5, 5.41) is 4.95. The average molecular weight is 446 g/mol. The first-order valence-corrected chi connectivity index (χ1v) is 12.4. The fourth-order valence-corrected chi connectivity index (χ4v) is 5.18. The van der Waals surface area contributed by atoms with Gasteiger partial charge in [-0.2, -0.15) is 0 Å². The molecular formula is C23H31N3O4S. The van der Waals surface area contributed by atoms with Crippen molar-refractivity contribution in [2.75, 3.05) is 26.2 Å². The van der Waals surface area contributed by atoms with Gasteiger partial charge < -0.3 is 10.2 Å². The smallest absolute Gasteiger partial charge is 0.264 e. The fraction of sp³-hybridized carbons (Fsp3) is 0.478. The monoisotopic (exact) mass is 445 g/mol. The van der Waals surface area contributed by atoms with Crippen LogP contribution in [0.1, 0.15) is 33.1 Å². The highest BCUT2D eigenvalue weighted by Gasteiger charge is 2.35. The normalized spacial score (nSPS) is 16.1. The van der Waals surface area contributed by atoms with Crippen molar-refractivity contribution in [2.45, 2.75) is 38.0 Å². The molecule has 0 spiro atoms. The highest BCUT2D eigenvalue weighted by Crippen LogP contribution is 2.24. The second kappa shape index (κ2) is 10.2. The van der Waals surface area contributed by atoms with Crippen LogP contribution >= 0.6 is 0 Å². The van der Waals surface area contributed by atoms with Crippen molar-refractivity contribution in [3.05, 3.63) is 42.5 Å². The van der Waals surface area contributed by atoms with Gasteiger partial charge in [0.2, 0.25) is 11.8 Å². The number of rotatable bonds is 8. The summed E-state index contributed by atoms with van der Waals surface area (Å²) >= 11 is 0. The lowest BCUT2D eigenvalue weighted by molar-refractivity contribution is -0.142. The summed E-state index contributed by atoms with van der Waals surface area (Å²) in [6.07, 6.45) is 2.09. The van der Waals surface area contributed by atoms with Crippen LogP contribution in [0.5, 0.6) is 0 Å². The maximum atomic E-state index is 13.1. The Balaban J connectivity index is 1.83. The number of piperidine rings is 1. The van der Waals surface area contributed by atoms with Crippen LogP contribution < -0.4 is 10.0 Å². The molecule has 1 unspecified atom stereocenters. The lowest BCUT2D eigenvalue weighted by Crippen LogP contribution is -2.46. The van der Waals surface area contributed by atoms with Gasteiger partial charge in [-0.1, -0.05) is 30.3 Å². The topological polar surface area (TPSA) is 95.6 Å². The molecule has 2 amide bonds. The predicted octanol–water partition coefficient (Wildman–Crippen LogP) is 2.52. The van der Waals surface area contributed by atoms with Crippen LogP contribution in [0.3, 0.4) is 0 Å². The summed E-state index contributed by atoms with van der Waals surface area (Å²) < 4.78 is 28.1. The Bertz CT molecular complexity index is 1030. The number of nitrogens with zero attached hydrogens (tertiary/aromatic N) is 1. The minimum atomic E-state index is -4.09. The van der Waals surface area contributed by atoms with E-state index in [0.29, 0.717) is 19.5 Å². The summed E-state index contributed by atoms with van der Waals surface area (Å²) in [7, 11) is -4.09. The Morgan fingerprint density at radius 1 is 1.06 bits per heavy atom. The van der Waals surface area contributed by atoms with E-state index in [0.717, 1.165) is 36.7 Å². The summed E-state index contributed by atoms with van der Waals surface area (Å²) in [6.45, 7) is 6.34. The maximum Gasteiger partial charge on any atom is 0.264 e. The van der Waals surface area contributed by atoms with Gasteiger partial charge in [0.05, 0.1) is 4.90 Å². The molecule has 1 atom stereocenters. The zero-order chi connectivity index (χ0) is 22.4. The third-order valence-corrected chi connectivity index (χ3v) is 7.33. The number of amides is 2. The number of carbonyl (C=O) groups is 2. The molecule has 0 aromatic heterocycles. The van der Waals surface area contributed by atoms with Crippen molar-refractivity contribution in [3.8, 4) is 0 Å². The Morgan fingerprint density at radius 3 is 2.35 bits per heavy atom. The van der Waals surface area contributed by atoms with Crippen molar-refractivity contribution in [2.24, 2.45) is 11.8 Å². The van der Waals surface area contributed by atoms with Crippen molar-refractivity contribution in [3.63, 3.8) is 0 Å². The molecule has 0 radical (unpaired) electrons. The fourth-order valence-electron chi connectivity index (χ4n) is 4.12. The van der Waals surface area contributed by atoms with E-state index < -0.39 is 21.8 Å². The van der Waals surface area contributed by atoms with E-state index in [1.165, 1.54) is 6.07 Å². The zero-order valence-corrected chi connectivity index (χ0v) is 19.0. The van der Waals surface area contributed by atoms with Gasteiger partial charge in [-0.05, 0) is 75.0 Å². The largest absolute Gasteiger partial charge is 0.343 e. The molecule has 168 valence electrons. The lowest BCUT2D eigenvalue weighted by atomic mass is 9.86. The molecule has 7 nitrogen and oxygen atoms in total. The molecule has 1 aliphatic heterocycles. The van der Waals surface area contributed by atoms with E-state index >= 15 is 0 Å². The third kappa shape index (κ3) is 5.62. The molecule has 1 aliphatic rings. The number of nitrogens with one attached hydrogen (secondary N) is 2. The van der Waals surface area contributed by atoms with Crippen molar-refractivity contribution in [1.29, 1.82) is 0 Å². The van der Waals surface area contributed by atoms with Gasteiger partial charge in [0.1, 0.15) is 5.92 Å². The first-order chi connectivity index (χ1) is 14.9. The quantitative estimate of drug-likeness (QED) is 0.609. The summed E-state index contributed by atoms with van der Waals surface area (Å²) in [5.74, 6) is -1.86. The minimum Gasteiger partial charge on any atom is -0.343 e. The molecular weight excluding hydrogens is 414 g/mol. The molecule has 3 rings (SSSR count). The van der Waals surface area contributed by atoms with Crippen molar-refractivity contribution >= 4 is 32.6 Å². The predicted molar refractivity (Wildman–Crippen MR) is 121 cm³/mol. The van der Waals surface area contributed by atoms with Crippen LogP contribution in [-0.4, -0.2) is 51.3 Å². The molecule has 0 bridgehead atoms. The highest BCUT2D eigenvalue weighted by atomic mass is 32.2. The van der Waals surface area contributed by atoms with Crippen LogP contribution in [0.25, 0.3) is 10.8 Å². The standard InChI is InChI=1S/C23H31N3O4S/c1-3-26(4-2)23(28)21(15-17-11-13-24-14-12-17)22(27)25-31(29,30)20-10-9-18-7-5-6-8-19(18)16-20/h5-10,16-17,21,24H,3-4,11-15H2,1-2H3,(H,25,27). The van der Waals surface area contributed by atoms with Crippen LogP contribution in [-0.2, 0) is 19.6 Å². The molecule has 2 aromatic carbocycles. The molecule has 0 saturated carbocycles. The zero-order valence-electron chi connectivity index (χ0n) is 18.1. The van der Waals surface area contributed by atoms with E-state index in [9.17, 15) is 18.0 Å². The summed E-state index contributed by atoms with van der Waals surface area (Å²) in [5.41, 5.74) is 0. The average Bonchev–Trinajstić information content (AvgIpc) is 2.78. The van der Waals surface area contributed by atoms with Gasteiger partial charge in [0.15, 0.2) is 0 Å². The Labute approximate surface area is 184 Å². The number of benzene rings is 2. The number of hydrogen-bond acceptors (Lipinski definition) is 5. The first kappa shape index (κ1) is 23.2. The van der Waals surface area contributed by atoms with Gasteiger partial charge in [-0.3, -0.25) is 9.59 Å². The van der Waals surface area contributed by atoms with Crippen molar-refractivity contribution < 1.29 is 18.0 Å². The SMILES string of the molecule is CCN(CC)C(=O)C(CC1CCNCC1)C(=O)NS(=O)(=O)c1ccc2ccccc2c1. The summed E-state index contributed by atoms with van der Waals surface area (Å²) in [6, 6.07) is 12.1. The Kier molecular flexibility index (Phi) is 7.67. The Hall–Kier alpha value is -2.45. The van der Waals surface area contributed by atoms with Crippen LogP contribution in [0.15, 0.2) is 47.4 Å². The highest BCUT2D eigenvalue weighted by molar-refractivity contribution is 7.90. The van der Waals surface area contributed by atoms with E-state index in [4.69, 9.17) is 0 Å². The van der Waals surface area contributed by atoms with Crippen LogP contribution in [0.4, 0.5) is 0 Å². The lowest BCUT2D eigenvalue weighted by Gasteiger charge is -2.29. The second-order valence-corrected chi connectivity index (χ2v) is 9.65.